The van der Waals surface area contributed by atoms with Gasteiger partial charge >= 0.3 is 0 Å². The molecule has 0 saturated heterocycles. The smallest absolute Gasteiger partial charge is 0.251 e. The second kappa shape index (κ2) is 8.58. The lowest BCUT2D eigenvalue weighted by Gasteiger charge is -2.19. The predicted octanol–water partition coefficient (Wildman–Crippen LogP) is 3.58. The molecule has 130 valence electrons. The molecule has 26 heavy (non-hydrogen) atoms. The van der Waals surface area contributed by atoms with Crippen molar-refractivity contribution < 1.29 is 9.59 Å². The van der Waals surface area contributed by atoms with Crippen molar-refractivity contribution in [3.8, 4) is 0 Å². The van der Waals surface area contributed by atoms with Crippen molar-refractivity contribution in [3.63, 3.8) is 0 Å². The first-order valence-electron chi connectivity index (χ1n) is 8.33. The number of hydrogen-bond donors (Lipinski definition) is 2. The van der Waals surface area contributed by atoms with Crippen molar-refractivity contribution in [1.82, 2.24) is 10.3 Å². The average molecular weight is 345 g/mol. The van der Waals surface area contributed by atoms with Gasteiger partial charge in [0.05, 0.1) is 24.3 Å². The summed E-state index contributed by atoms with van der Waals surface area (Å²) in [6.07, 6.45) is 3.35. The van der Waals surface area contributed by atoms with E-state index in [1.165, 1.54) is 0 Å². The monoisotopic (exact) mass is 345 g/mol. The van der Waals surface area contributed by atoms with Crippen LogP contribution in [-0.4, -0.2) is 16.8 Å². The Bertz CT molecular complexity index is 852. The Morgan fingerprint density at radius 2 is 1.58 bits per heavy atom. The quantitative estimate of drug-likeness (QED) is 0.717. The maximum absolute atomic E-state index is 12.5. The lowest BCUT2D eigenvalue weighted by Crippen LogP contribution is -2.31. The molecule has 0 saturated carbocycles. The Kier molecular flexibility index (Phi) is 5.72. The topological polar surface area (TPSA) is 71.1 Å². The van der Waals surface area contributed by atoms with Gasteiger partial charge in [-0.3, -0.25) is 14.6 Å². The molecule has 0 spiro atoms. The molecule has 3 aromatic rings. The lowest BCUT2D eigenvalue weighted by atomic mass is 10.0. The van der Waals surface area contributed by atoms with E-state index in [0.717, 1.165) is 5.56 Å². The number of pyridine rings is 1. The number of carbonyl (C=O) groups is 2. The van der Waals surface area contributed by atoms with Crippen LogP contribution in [0, 0.1) is 0 Å². The van der Waals surface area contributed by atoms with Crippen molar-refractivity contribution >= 4 is 17.5 Å². The fraction of sp³-hybridized carbons (Fsp3) is 0.0952. The Morgan fingerprint density at radius 1 is 0.885 bits per heavy atom. The van der Waals surface area contributed by atoms with Crippen molar-refractivity contribution in [2.24, 2.45) is 0 Å². The summed E-state index contributed by atoms with van der Waals surface area (Å²) in [5.41, 5.74) is 2.05. The summed E-state index contributed by atoms with van der Waals surface area (Å²) in [6, 6.07) is 21.5. The summed E-state index contributed by atoms with van der Waals surface area (Å²) in [7, 11) is 0. The van der Waals surface area contributed by atoms with Gasteiger partial charge in [0.1, 0.15) is 0 Å². The number of benzene rings is 2. The molecule has 0 aliphatic rings. The van der Waals surface area contributed by atoms with Crippen LogP contribution in [0.25, 0.3) is 0 Å². The van der Waals surface area contributed by atoms with Crippen LogP contribution >= 0.6 is 0 Å². The van der Waals surface area contributed by atoms with Gasteiger partial charge in [0.25, 0.3) is 5.91 Å². The van der Waals surface area contributed by atoms with E-state index in [9.17, 15) is 9.59 Å². The number of amides is 2. The Hall–Kier alpha value is -3.47. The van der Waals surface area contributed by atoms with Gasteiger partial charge in [-0.25, -0.2) is 0 Å². The third kappa shape index (κ3) is 4.77. The largest absolute Gasteiger partial charge is 0.345 e. The molecule has 5 heteroatoms. The van der Waals surface area contributed by atoms with Crippen LogP contribution < -0.4 is 10.6 Å². The molecule has 0 radical (unpaired) electrons. The van der Waals surface area contributed by atoms with Crippen LogP contribution in [0.15, 0.2) is 85.2 Å². The Morgan fingerprint density at radius 3 is 2.23 bits per heavy atom. The highest BCUT2D eigenvalue weighted by Gasteiger charge is 2.19. The fourth-order valence-corrected chi connectivity index (χ4v) is 2.60. The van der Waals surface area contributed by atoms with Gasteiger partial charge < -0.3 is 10.6 Å². The first kappa shape index (κ1) is 17.4. The molecule has 0 fully saturated rings. The average Bonchev–Trinajstić information content (AvgIpc) is 2.69. The fourth-order valence-electron chi connectivity index (χ4n) is 2.60. The molecule has 2 N–H and O–H groups in total. The van der Waals surface area contributed by atoms with E-state index >= 15 is 0 Å². The zero-order valence-electron chi connectivity index (χ0n) is 14.1. The molecule has 1 atom stereocenters. The van der Waals surface area contributed by atoms with E-state index in [-0.39, 0.29) is 18.2 Å². The summed E-state index contributed by atoms with van der Waals surface area (Å²) in [5, 5.41) is 5.75. The highest BCUT2D eigenvalue weighted by atomic mass is 16.2. The number of aromatic nitrogens is 1. The number of hydrogen-bond acceptors (Lipinski definition) is 3. The van der Waals surface area contributed by atoms with Gasteiger partial charge in [-0.05, 0) is 29.8 Å². The third-order valence-electron chi connectivity index (χ3n) is 3.88. The van der Waals surface area contributed by atoms with E-state index in [1.54, 1.807) is 36.7 Å². The van der Waals surface area contributed by atoms with E-state index in [2.05, 4.69) is 15.6 Å². The molecule has 5 nitrogen and oxygen atoms in total. The zero-order valence-corrected chi connectivity index (χ0v) is 14.1. The second-order valence-electron chi connectivity index (χ2n) is 5.80. The molecule has 1 unspecified atom stereocenters. The zero-order chi connectivity index (χ0) is 18.2. The minimum atomic E-state index is -0.430. The van der Waals surface area contributed by atoms with E-state index in [1.807, 2.05) is 48.5 Å². The summed E-state index contributed by atoms with van der Waals surface area (Å²) in [4.78, 5) is 28.9. The third-order valence-corrected chi connectivity index (χ3v) is 3.88. The molecule has 2 aromatic carbocycles. The second-order valence-corrected chi connectivity index (χ2v) is 5.80. The van der Waals surface area contributed by atoms with Crippen LogP contribution in [0.4, 0.5) is 5.69 Å². The van der Waals surface area contributed by atoms with Gasteiger partial charge in [0, 0.05) is 11.8 Å². The first-order chi connectivity index (χ1) is 12.7. The van der Waals surface area contributed by atoms with Crippen molar-refractivity contribution in [3.05, 3.63) is 96.3 Å². The molecule has 0 aliphatic carbocycles. The maximum Gasteiger partial charge on any atom is 0.251 e. The van der Waals surface area contributed by atoms with Crippen molar-refractivity contribution in [1.29, 1.82) is 0 Å². The van der Waals surface area contributed by atoms with Gasteiger partial charge in [0.2, 0.25) is 5.91 Å². The van der Waals surface area contributed by atoms with Crippen LogP contribution in [-0.2, 0) is 4.79 Å². The molecular formula is C21H19N3O2. The van der Waals surface area contributed by atoms with Crippen LogP contribution in [0.1, 0.15) is 28.4 Å². The molecule has 1 aromatic heterocycles. The minimum Gasteiger partial charge on any atom is -0.345 e. The number of anilines is 1. The number of rotatable bonds is 6. The highest BCUT2D eigenvalue weighted by Crippen LogP contribution is 2.18. The van der Waals surface area contributed by atoms with Crippen LogP contribution in [0.3, 0.4) is 0 Å². The summed E-state index contributed by atoms with van der Waals surface area (Å²) in [6.45, 7) is 0. The van der Waals surface area contributed by atoms with E-state index in [0.29, 0.717) is 11.3 Å². The normalized spacial score (nSPS) is 11.4. The summed E-state index contributed by atoms with van der Waals surface area (Å²) in [5.74, 6) is -0.408. The lowest BCUT2D eigenvalue weighted by molar-refractivity contribution is -0.116. The van der Waals surface area contributed by atoms with Gasteiger partial charge in [-0.2, -0.15) is 0 Å². The standard InChI is InChI=1S/C21H19N3O2/c25-20(23-18-12-7-13-22-15-18)14-19(16-8-3-1-4-9-16)24-21(26)17-10-5-2-6-11-17/h1-13,15,19H,14H2,(H,23,25)(H,24,26). The minimum absolute atomic E-state index is 0.123. The van der Waals surface area contributed by atoms with Gasteiger partial charge in [0.15, 0.2) is 0 Å². The predicted molar refractivity (Wildman–Crippen MR) is 101 cm³/mol. The highest BCUT2D eigenvalue weighted by molar-refractivity contribution is 5.95. The SMILES string of the molecule is O=C(CC(NC(=O)c1ccccc1)c1ccccc1)Nc1cccnc1. The molecule has 0 bridgehead atoms. The number of nitrogens with one attached hydrogen (secondary N) is 2. The Labute approximate surface area is 152 Å². The number of nitrogens with zero attached hydrogens (tertiary/aromatic N) is 1. The van der Waals surface area contributed by atoms with E-state index < -0.39 is 6.04 Å². The van der Waals surface area contributed by atoms with Gasteiger partial charge in [-0.15, -0.1) is 0 Å². The molecule has 2 amide bonds. The summed E-state index contributed by atoms with van der Waals surface area (Å²) < 4.78 is 0. The molecule has 0 aliphatic heterocycles. The van der Waals surface area contributed by atoms with Crippen molar-refractivity contribution in [2.75, 3.05) is 5.32 Å². The number of carbonyl (C=O) groups excluding carboxylic acids is 2. The van der Waals surface area contributed by atoms with E-state index in [4.69, 9.17) is 0 Å². The molecule has 1 heterocycles. The summed E-state index contributed by atoms with van der Waals surface area (Å²) >= 11 is 0. The van der Waals surface area contributed by atoms with Gasteiger partial charge in [-0.1, -0.05) is 48.5 Å². The van der Waals surface area contributed by atoms with Crippen molar-refractivity contribution in [2.45, 2.75) is 12.5 Å². The first-order valence-corrected chi connectivity index (χ1v) is 8.33. The molecular weight excluding hydrogens is 326 g/mol. The van der Waals surface area contributed by atoms with Crippen LogP contribution in [0.2, 0.25) is 0 Å². The maximum atomic E-state index is 12.5. The Balaban J connectivity index is 1.73. The molecule has 3 rings (SSSR count). The van der Waals surface area contributed by atoms with Crippen LogP contribution in [0.5, 0.6) is 0 Å².